The molecule has 4 aliphatic rings. The predicted octanol–water partition coefficient (Wildman–Crippen LogP) is 5.44. The summed E-state index contributed by atoms with van der Waals surface area (Å²) >= 11 is 0.872. The minimum absolute atomic E-state index is 0.0117. The molecule has 4 aliphatic carbocycles. The van der Waals surface area contributed by atoms with Crippen LogP contribution < -0.4 is 5.32 Å². The summed E-state index contributed by atoms with van der Waals surface area (Å²) in [6, 6.07) is 9.81. The van der Waals surface area contributed by atoms with Gasteiger partial charge in [-0.25, -0.2) is 9.18 Å². The number of rotatable bonds is 7. The highest BCUT2D eigenvalue weighted by Crippen LogP contribution is 2.69. The van der Waals surface area contributed by atoms with E-state index in [-0.39, 0.29) is 46.4 Å². The van der Waals surface area contributed by atoms with Gasteiger partial charge in [0, 0.05) is 29.3 Å². The Kier molecular flexibility index (Phi) is 7.93. The van der Waals surface area contributed by atoms with Crippen LogP contribution in [0.15, 0.2) is 70.2 Å². The van der Waals surface area contributed by atoms with Crippen molar-refractivity contribution in [3.8, 4) is 6.07 Å². The Morgan fingerprint density at radius 3 is 2.73 bits per heavy atom. The molecule has 8 nitrogen and oxygen atoms in total. The minimum Gasteiger partial charge on any atom is -0.472 e. The molecule has 0 spiro atoms. The van der Waals surface area contributed by atoms with Gasteiger partial charge in [-0.1, -0.05) is 31.2 Å². The molecule has 0 aliphatic heterocycles. The lowest BCUT2D eigenvalue weighted by Gasteiger charge is -2.60. The number of nitriles is 1. The quantitative estimate of drug-likeness (QED) is 0.213. The number of nitrogens with one attached hydrogen (secondary N) is 1. The molecular weight excluding hydrogens is 581 g/mol. The number of esters is 1. The summed E-state index contributed by atoms with van der Waals surface area (Å²) in [7, 11) is 0. The van der Waals surface area contributed by atoms with Crippen LogP contribution in [0.1, 0.15) is 62.7 Å². The van der Waals surface area contributed by atoms with E-state index in [0.717, 1.165) is 41.6 Å². The molecule has 1 aromatic carbocycles. The number of fused-ring (bicyclic) bond motifs is 5. The number of ether oxygens (including phenoxy) is 1. The van der Waals surface area contributed by atoms with Crippen molar-refractivity contribution in [1.29, 1.82) is 10.7 Å². The van der Waals surface area contributed by atoms with Crippen LogP contribution in [0.2, 0.25) is 0 Å². The maximum absolute atomic E-state index is 13.9. The molecule has 10 heteroatoms. The number of carbonyl (C=O) groups excluding carboxylic acids is 2. The summed E-state index contributed by atoms with van der Waals surface area (Å²) in [6.45, 7) is 4.17. The zero-order valence-electron chi connectivity index (χ0n) is 24.8. The molecule has 3 saturated carbocycles. The number of nitrogens with two attached hydrogens (primary N) is 1. The van der Waals surface area contributed by atoms with E-state index in [1.807, 2.05) is 18.3 Å². The maximum Gasteiger partial charge on any atom is 0.342 e. The molecule has 44 heavy (non-hydrogen) atoms. The second kappa shape index (κ2) is 11.4. The fraction of sp³-hybridized carbons (Fsp3) is 0.471. The normalized spacial score (nSPS) is 34.2. The maximum atomic E-state index is 13.9. The highest BCUT2D eigenvalue weighted by atomic mass is 32.2. The number of aliphatic hydroxyl groups excluding tert-OH is 1. The van der Waals surface area contributed by atoms with E-state index in [4.69, 9.17) is 14.6 Å². The molecule has 3 fully saturated rings. The Labute approximate surface area is 260 Å². The van der Waals surface area contributed by atoms with Crippen LogP contribution in [-0.4, -0.2) is 39.9 Å². The Morgan fingerprint density at radius 1 is 1.27 bits per heavy atom. The SMILES string of the molecule is C[C@]12CC(C=N)=C([NH2+]c3ccc(F)cc3)C=C1CC[C@@H]1C2[C@@H](O)C[C@@]2(C)C1CC[C@]2(OC(=O)c1ccoc1)C(=O)SCC#N. The van der Waals surface area contributed by atoms with Gasteiger partial charge >= 0.3 is 5.97 Å². The first kappa shape index (κ1) is 30.5. The van der Waals surface area contributed by atoms with Crippen LogP contribution in [0.25, 0.3) is 0 Å². The monoisotopic (exact) mass is 618 g/mol. The summed E-state index contributed by atoms with van der Waals surface area (Å²) in [6.07, 6.45) is 8.91. The number of furan rings is 1. The van der Waals surface area contributed by atoms with Crippen LogP contribution >= 0.6 is 11.8 Å². The summed E-state index contributed by atoms with van der Waals surface area (Å²) in [5.74, 6) is -1.03. The van der Waals surface area contributed by atoms with Crippen molar-refractivity contribution in [1.82, 2.24) is 0 Å². The number of hydrogen-bond acceptors (Lipinski definition) is 8. The standard InChI is InChI=1S/C34H36FN3O5S/c1-32-16-21(18-37)27(38-24-6-4-23(35)5-7-24)15-22(32)3-8-25-26-9-11-34(31(41)44-14-12-36,33(26,2)17-28(39)29(25)32)43-30(40)20-10-13-42-19-20/h4-7,10,13,15,18-19,25-26,28-29,37-39H,3,8-9,11,14,16-17H2,1-2H3/p+1/t25-,26?,28-,29?,32-,33-,34-/m0/s1. The molecule has 0 radical (unpaired) electrons. The third kappa shape index (κ3) is 4.77. The van der Waals surface area contributed by atoms with Gasteiger partial charge in [0.2, 0.25) is 5.12 Å². The molecule has 2 aromatic rings. The van der Waals surface area contributed by atoms with Crippen molar-refractivity contribution in [2.24, 2.45) is 28.6 Å². The molecular formula is C34H37FN3O5S+. The second-order valence-electron chi connectivity index (χ2n) is 13.1. The molecule has 1 heterocycles. The zero-order valence-corrected chi connectivity index (χ0v) is 25.7. The minimum atomic E-state index is -1.49. The fourth-order valence-corrected chi connectivity index (χ4v) is 9.88. The topological polar surface area (TPSA) is 141 Å². The molecule has 2 unspecified atom stereocenters. The van der Waals surface area contributed by atoms with Crippen LogP contribution in [0.4, 0.5) is 10.1 Å². The number of carbonyl (C=O) groups is 2. The van der Waals surface area contributed by atoms with E-state index in [2.05, 4.69) is 13.0 Å². The highest BCUT2D eigenvalue weighted by molar-refractivity contribution is 8.14. The molecule has 7 atom stereocenters. The van der Waals surface area contributed by atoms with E-state index in [1.165, 1.54) is 42.5 Å². The van der Waals surface area contributed by atoms with E-state index in [0.29, 0.717) is 19.3 Å². The van der Waals surface area contributed by atoms with Crippen LogP contribution in [0.5, 0.6) is 0 Å². The summed E-state index contributed by atoms with van der Waals surface area (Å²) in [5.41, 5.74) is 1.38. The molecule has 4 N–H and O–H groups in total. The predicted molar refractivity (Wildman–Crippen MR) is 162 cm³/mol. The van der Waals surface area contributed by atoms with Gasteiger partial charge < -0.3 is 19.7 Å². The van der Waals surface area contributed by atoms with Gasteiger partial charge in [0.05, 0.1) is 29.8 Å². The lowest BCUT2D eigenvalue weighted by molar-refractivity contribution is -0.513. The average molecular weight is 619 g/mol. The first-order chi connectivity index (χ1) is 21.1. The van der Waals surface area contributed by atoms with Crippen molar-refractivity contribution in [2.75, 3.05) is 5.75 Å². The Balaban J connectivity index is 1.33. The summed E-state index contributed by atoms with van der Waals surface area (Å²) < 4.78 is 24.8. The molecule has 1 aromatic heterocycles. The van der Waals surface area contributed by atoms with E-state index in [1.54, 1.807) is 12.1 Å². The van der Waals surface area contributed by atoms with Gasteiger partial charge in [0.15, 0.2) is 5.60 Å². The fourth-order valence-electron chi connectivity index (χ4n) is 9.07. The van der Waals surface area contributed by atoms with Gasteiger partial charge in [-0.05, 0) is 86.0 Å². The van der Waals surface area contributed by atoms with Gasteiger partial charge in [-0.15, -0.1) is 0 Å². The van der Waals surface area contributed by atoms with Gasteiger partial charge in [-0.3, -0.25) is 10.1 Å². The number of thioether (sulfide) groups is 1. The van der Waals surface area contributed by atoms with Crippen molar-refractivity contribution in [3.05, 3.63) is 77.2 Å². The van der Waals surface area contributed by atoms with Gasteiger partial charge in [0.25, 0.3) is 0 Å². The molecule has 230 valence electrons. The van der Waals surface area contributed by atoms with Gasteiger partial charge in [0.1, 0.15) is 23.5 Å². The lowest BCUT2D eigenvalue weighted by atomic mass is 9.45. The van der Waals surface area contributed by atoms with Crippen molar-refractivity contribution in [2.45, 2.75) is 64.1 Å². The summed E-state index contributed by atoms with van der Waals surface area (Å²) in [5, 5.41) is 31.2. The number of halogens is 1. The molecule has 0 bridgehead atoms. The highest BCUT2D eigenvalue weighted by Gasteiger charge is 2.70. The van der Waals surface area contributed by atoms with Crippen molar-refractivity contribution < 1.29 is 33.6 Å². The van der Waals surface area contributed by atoms with Crippen LogP contribution in [0, 0.1) is 51.1 Å². The Morgan fingerprint density at radius 2 is 2.05 bits per heavy atom. The van der Waals surface area contributed by atoms with Crippen LogP contribution in [0.3, 0.4) is 0 Å². The number of benzene rings is 1. The van der Waals surface area contributed by atoms with Crippen molar-refractivity contribution in [3.63, 3.8) is 0 Å². The number of nitrogens with zero attached hydrogens (tertiary/aromatic N) is 1. The lowest BCUT2D eigenvalue weighted by Crippen LogP contribution is -2.76. The number of quaternary nitrogens is 1. The third-order valence-electron chi connectivity index (χ3n) is 11.0. The average Bonchev–Trinajstić information content (AvgIpc) is 3.64. The van der Waals surface area contributed by atoms with E-state index in [9.17, 15) is 24.3 Å². The number of allylic oxidation sites excluding steroid dienone is 3. The zero-order chi connectivity index (χ0) is 31.3. The smallest absolute Gasteiger partial charge is 0.342 e. The number of hydrogen-bond donors (Lipinski definition) is 3. The third-order valence-corrected chi connectivity index (χ3v) is 11.9. The Hall–Kier alpha value is -3.52. The first-order valence-corrected chi connectivity index (χ1v) is 16.1. The van der Waals surface area contributed by atoms with Crippen molar-refractivity contribution >= 4 is 34.7 Å². The molecule has 6 rings (SSSR count). The largest absolute Gasteiger partial charge is 0.472 e. The molecule has 0 saturated heterocycles. The molecule has 0 amide bonds. The van der Waals surface area contributed by atoms with Crippen LogP contribution in [-0.2, 0) is 9.53 Å². The number of aliphatic hydroxyl groups is 1. The van der Waals surface area contributed by atoms with Gasteiger partial charge in [-0.2, -0.15) is 5.26 Å². The summed E-state index contributed by atoms with van der Waals surface area (Å²) in [4.78, 5) is 27.2. The van der Waals surface area contributed by atoms with E-state index >= 15 is 0 Å². The van der Waals surface area contributed by atoms with E-state index < -0.39 is 28.5 Å². The second-order valence-corrected chi connectivity index (χ2v) is 14.1. The first-order valence-electron chi connectivity index (χ1n) is 15.1. The Bertz CT molecular complexity index is 1580.